The van der Waals surface area contributed by atoms with Crippen molar-refractivity contribution in [2.24, 2.45) is 0 Å². The zero-order valence-corrected chi connectivity index (χ0v) is 10.6. The molecule has 0 fully saturated rings. The topological polar surface area (TPSA) is 70.2 Å². The standard InChI is InChI=1S/C14H15NO3/c1-7(2)9-5-4-6-10-12(9)15-11(14(17)18)8(3)13(10)16/h4-7H,1-3H3,(H,15,16)(H,17,18). The van der Waals surface area contributed by atoms with Gasteiger partial charge < -0.3 is 10.1 Å². The molecule has 0 unspecified atom stereocenters. The Kier molecular flexibility index (Phi) is 2.95. The number of H-pyrrole nitrogens is 1. The van der Waals surface area contributed by atoms with Crippen molar-refractivity contribution in [2.75, 3.05) is 0 Å². The molecule has 0 aliphatic carbocycles. The van der Waals surface area contributed by atoms with Crippen molar-refractivity contribution in [3.05, 3.63) is 45.2 Å². The SMILES string of the molecule is Cc1c(C(=O)O)[nH]c2c(C(C)C)cccc2c1=O. The lowest BCUT2D eigenvalue weighted by Crippen LogP contribution is -2.16. The van der Waals surface area contributed by atoms with Crippen molar-refractivity contribution >= 4 is 16.9 Å². The Morgan fingerprint density at radius 3 is 2.56 bits per heavy atom. The van der Waals surface area contributed by atoms with Crippen LogP contribution in [0.15, 0.2) is 23.0 Å². The normalized spacial score (nSPS) is 11.1. The van der Waals surface area contributed by atoms with E-state index in [-0.39, 0.29) is 22.6 Å². The van der Waals surface area contributed by atoms with Gasteiger partial charge in [-0.15, -0.1) is 0 Å². The third-order valence-electron chi connectivity index (χ3n) is 3.14. The van der Waals surface area contributed by atoms with Gasteiger partial charge in [0.05, 0.1) is 5.52 Å². The van der Waals surface area contributed by atoms with Crippen LogP contribution in [0.5, 0.6) is 0 Å². The summed E-state index contributed by atoms with van der Waals surface area (Å²) < 4.78 is 0. The van der Waals surface area contributed by atoms with Crippen molar-refractivity contribution in [3.8, 4) is 0 Å². The fourth-order valence-corrected chi connectivity index (χ4v) is 2.13. The van der Waals surface area contributed by atoms with Crippen molar-refractivity contribution < 1.29 is 9.90 Å². The Morgan fingerprint density at radius 1 is 1.33 bits per heavy atom. The predicted octanol–water partition coefficient (Wildman–Crippen LogP) is 2.66. The fraction of sp³-hybridized carbons (Fsp3) is 0.286. The van der Waals surface area contributed by atoms with Gasteiger partial charge in [0, 0.05) is 10.9 Å². The molecule has 1 aromatic carbocycles. The van der Waals surface area contributed by atoms with Gasteiger partial charge in [-0.3, -0.25) is 4.79 Å². The molecule has 0 atom stereocenters. The number of rotatable bonds is 2. The molecule has 0 amide bonds. The molecule has 4 heteroatoms. The number of aromatic amines is 1. The lowest BCUT2D eigenvalue weighted by Gasteiger charge is -2.11. The Morgan fingerprint density at radius 2 is 2.00 bits per heavy atom. The number of para-hydroxylation sites is 1. The zero-order chi connectivity index (χ0) is 13.4. The van der Waals surface area contributed by atoms with Crippen LogP contribution in [0.2, 0.25) is 0 Å². The molecule has 4 nitrogen and oxygen atoms in total. The van der Waals surface area contributed by atoms with Gasteiger partial charge in [0.2, 0.25) is 0 Å². The summed E-state index contributed by atoms with van der Waals surface area (Å²) in [6.45, 7) is 5.55. The molecule has 0 bridgehead atoms. The maximum atomic E-state index is 12.1. The summed E-state index contributed by atoms with van der Waals surface area (Å²) in [4.78, 5) is 26.2. The van der Waals surface area contributed by atoms with Crippen LogP contribution in [0.1, 0.15) is 41.4 Å². The van der Waals surface area contributed by atoms with E-state index in [0.717, 1.165) is 5.56 Å². The van der Waals surface area contributed by atoms with E-state index in [2.05, 4.69) is 4.98 Å². The molecule has 0 saturated carbocycles. The summed E-state index contributed by atoms with van der Waals surface area (Å²) in [5, 5.41) is 9.65. The fourth-order valence-electron chi connectivity index (χ4n) is 2.13. The summed E-state index contributed by atoms with van der Waals surface area (Å²) in [5.74, 6) is -0.890. The van der Waals surface area contributed by atoms with Gasteiger partial charge >= 0.3 is 5.97 Å². The number of nitrogens with one attached hydrogen (secondary N) is 1. The quantitative estimate of drug-likeness (QED) is 0.854. The van der Waals surface area contributed by atoms with Gasteiger partial charge in [-0.2, -0.15) is 0 Å². The first-order valence-electron chi connectivity index (χ1n) is 5.82. The van der Waals surface area contributed by atoms with Gasteiger partial charge in [0.15, 0.2) is 5.43 Å². The molecule has 94 valence electrons. The maximum Gasteiger partial charge on any atom is 0.352 e. The van der Waals surface area contributed by atoms with Crippen molar-refractivity contribution in [3.63, 3.8) is 0 Å². The third-order valence-corrected chi connectivity index (χ3v) is 3.14. The van der Waals surface area contributed by atoms with Crippen molar-refractivity contribution in [1.82, 2.24) is 4.98 Å². The number of carbonyl (C=O) groups is 1. The highest BCUT2D eigenvalue weighted by Gasteiger charge is 2.16. The third kappa shape index (κ3) is 1.79. The minimum absolute atomic E-state index is 0.0272. The Labute approximate surface area is 104 Å². The summed E-state index contributed by atoms with van der Waals surface area (Å²) in [6, 6.07) is 5.45. The van der Waals surface area contributed by atoms with Gasteiger partial charge in [-0.1, -0.05) is 26.0 Å². The summed E-state index contributed by atoms with van der Waals surface area (Å²) in [5.41, 5.74) is 1.58. The van der Waals surface area contributed by atoms with Crippen LogP contribution >= 0.6 is 0 Å². The monoisotopic (exact) mass is 245 g/mol. The lowest BCUT2D eigenvalue weighted by atomic mass is 9.98. The number of aromatic carboxylic acids is 1. The van der Waals surface area contributed by atoms with Gasteiger partial charge in [-0.25, -0.2) is 4.79 Å². The average molecular weight is 245 g/mol. The number of pyridine rings is 1. The number of aromatic nitrogens is 1. The average Bonchev–Trinajstić information content (AvgIpc) is 2.32. The Balaban J connectivity index is 2.96. The molecule has 18 heavy (non-hydrogen) atoms. The van der Waals surface area contributed by atoms with Crippen LogP contribution in [0.4, 0.5) is 0 Å². The van der Waals surface area contributed by atoms with E-state index >= 15 is 0 Å². The summed E-state index contributed by atoms with van der Waals surface area (Å²) in [7, 11) is 0. The first-order valence-corrected chi connectivity index (χ1v) is 5.82. The van der Waals surface area contributed by atoms with E-state index in [1.165, 1.54) is 6.92 Å². The van der Waals surface area contributed by atoms with E-state index in [9.17, 15) is 9.59 Å². The van der Waals surface area contributed by atoms with Crippen LogP contribution in [0.3, 0.4) is 0 Å². The predicted molar refractivity (Wildman–Crippen MR) is 70.4 cm³/mol. The van der Waals surface area contributed by atoms with E-state index in [0.29, 0.717) is 10.9 Å². The van der Waals surface area contributed by atoms with E-state index < -0.39 is 5.97 Å². The van der Waals surface area contributed by atoms with E-state index in [4.69, 9.17) is 5.11 Å². The van der Waals surface area contributed by atoms with Gasteiger partial charge in [-0.05, 0) is 24.5 Å². The zero-order valence-electron chi connectivity index (χ0n) is 10.6. The number of carboxylic acids is 1. The van der Waals surface area contributed by atoms with Crippen LogP contribution in [-0.4, -0.2) is 16.1 Å². The highest BCUT2D eigenvalue weighted by molar-refractivity contribution is 5.92. The van der Waals surface area contributed by atoms with Crippen molar-refractivity contribution in [1.29, 1.82) is 0 Å². The second-order valence-electron chi connectivity index (χ2n) is 4.68. The number of fused-ring (bicyclic) bond motifs is 1. The van der Waals surface area contributed by atoms with Crippen molar-refractivity contribution in [2.45, 2.75) is 26.7 Å². The van der Waals surface area contributed by atoms with Gasteiger partial charge in [0.1, 0.15) is 5.69 Å². The molecule has 2 aromatic rings. The molecule has 2 rings (SSSR count). The first-order chi connectivity index (χ1) is 8.43. The first kappa shape index (κ1) is 12.4. The number of hydrogen-bond acceptors (Lipinski definition) is 2. The van der Waals surface area contributed by atoms with Gasteiger partial charge in [0.25, 0.3) is 0 Å². The number of benzene rings is 1. The molecule has 0 saturated heterocycles. The summed E-state index contributed by atoms with van der Waals surface area (Å²) in [6.07, 6.45) is 0. The molecule has 1 aromatic heterocycles. The highest BCUT2D eigenvalue weighted by atomic mass is 16.4. The van der Waals surface area contributed by atoms with E-state index in [1.54, 1.807) is 6.07 Å². The van der Waals surface area contributed by atoms with Crippen LogP contribution in [0, 0.1) is 6.92 Å². The number of carboxylic acid groups (broad SMARTS) is 1. The molecular weight excluding hydrogens is 230 g/mol. The molecule has 0 aliphatic heterocycles. The summed E-state index contributed by atoms with van der Waals surface area (Å²) >= 11 is 0. The minimum Gasteiger partial charge on any atom is -0.477 e. The lowest BCUT2D eigenvalue weighted by molar-refractivity contribution is 0.0690. The molecule has 0 spiro atoms. The minimum atomic E-state index is -1.11. The van der Waals surface area contributed by atoms with Crippen LogP contribution < -0.4 is 5.43 Å². The maximum absolute atomic E-state index is 12.1. The highest BCUT2D eigenvalue weighted by Crippen LogP contribution is 2.22. The smallest absolute Gasteiger partial charge is 0.352 e. The van der Waals surface area contributed by atoms with Crippen LogP contribution in [-0.2, 0) is 0 Å². The molecular formula is C14H15NO3. The molecule has 2 N–H and O–H groups in total. The molecule has 0 radical (unpaired) electrons. The number of hydrogen-bond donors (Lipinski definition) is 2. The van der Waals surface area contributed by atoms with E-state index in [1.807, 2.05) is 26.0 Å². The van der Waals surface area contributed by atoms with Crippen LogP contribution in [0.25, 0.3) is 10.9 Å². The Bertz CT molecular complexity index is 683. The Hall–Kier alpha value is -2.10. The second kappa shape index (κ2) is 4.29. The second-order valence-corrected chi connectivity index (χ2v) is 4.68. The largest absolute Gasteiger partial charge is 0.477 e. The molecule has 1 heterocycles. The molecule has 0 aliphatic rings.